The first-order valence-corrected chi connectivity index (χ1v) is 8.43. The van der Waals surface area contributed by atoms with Crippen molar-refractivity contribution >= 4 is 35.3 Å². The number of nitrogens with two attached hydrogens (primary N) is 1. The summed E-state index contributed by atoms with van der Waals surface area (Å²) in [6.45, 7) is 1.53. The second kappa shape index (κ2) is 6.77. The molecule has 0 aromatic carbocycles. The van der Waals surface area contributed by atoms with Crippen LogP contribution in [-0.4, -0.2) is 42.3 Å². The van der Waals surface area contributed by atoms with Crippen LogP contribution in [0.4, 0.5) is 24.9 Å². The molecule has 26 heavy (non-hydrogen) atoms. The molecule has 6 nitrogen and oxygen atoms in total. The Kier molecular flexibility index (Phi) is 4.96. The Bertz CT molecular complexity index is 809. The molecule has 3 heterocycles. The molecule has 1 fully saturated rings. The van der Waals surface area contributed by atoms with Crippen LogP contribution in [0.25, 0.3) is 11.1 Å². The third kappa shape index (κ3) is 3.18. The summed E-state index contributed by atoms with van der Waals surface area (Å²) in [5, 5.41) is 3.23. The Morgan fingerprint density at radius 2 is 2.04 bits per heavy atom. The zero-order valence-electron chi connectivity index (χ0n) is 14.3. The number of nitrogens with zero attached hydrogens (tertiary/aromatic N) is 3. The van der Waals surface area contributed by atoms with Gasteiger partial charge in [0.15, 0.2) is 11.4 Å². The van der Waals surface area contributed by atoms with Crippen LogP contribution >= 0.6 is 12.4 Å². The van der Waals surface area contributed by atoms with E-state index in [0.717, 1.165) is 19.5 Å². The summed E-state index contributed by atoms with van der Waals surface area (Å²) in [6, 6.07) is 0.338. The molecule has 0 amide bonds. The molecule has 1 aliphatic heterocycles. The Morgan fingerprint density at radius 3 is 2.69 bits per heavy atom. The number of aryl methyl sites for hydroxylation is 1. The van der Waals surface area contributed by atoms with Crippen molar-refractivity contribution in [2.45, 2.75) is 37.9 Å². The van der Waals surface area contributed by atoms with Crippen molar-refractivity contribution in [2.24, 2.45) is 5.92 Å². The molecular weight excluding hydrogens is 371 g/mol. The second-order valence-electron chi connectivity index (χ2n) is 6.79. The number of nitrogens with one attached hydrogen (secondary N) is 1. The van der Waals surface area contributed by atoms with Crippen molar-refractivity contribution in [1.82, 2.24) is 15.3 Å². The smallest absolute Gasteiger partial charge is 0.392 e. The van der Waals surface area contributed by atoms with E-state index in [4.69, 9.17) is 10.2 Å². The lowest BCUT2D eigenvalue weighted by Crippen LogP contribution is -2.30. The topological polar surface area (TPSA) is 80.2 Å². The first-order valence-electron chi connectivity index (χ1n) is 8.43. The van der Waals surface area contributed by atoms with E-state index >= 15 is 0 Å². The zero-order valence-corrected chi connectivity index (χ0v) is 15.1. The number of nitrogen functional groups attached to an aromatic ring is 1. The SMILES string of the molecule is CN[C@@H]1CCN(c2nc(N)nc3c4c(oc23)CCC(C(F)(F)F)C4)C1.Cl. The van der Waals surface area contributed by atoms with E-state index in [-0.39, 0.29) is 37.6 Å². The predicted molar refractivity (Wildman–Crippen MR) is 94.7 cm³/mol. The lowest BCUT2D eigenvalue weighted by atomic mass is 9.87. The van der Waals surface area contributed by atoms with E-state index < -0.39 is 12.1 Å². The summed E-state index contributed by atoms with van der Waals surface area (Å²) < 4.78 is 45.3. The maximum absolute atomic E-state index is 13.1. The maximum Gasteiger partial charge on any atom is 0.392 e. The Hall–Kier alpha value is -1.74. The van der Waals surface area contributed by atoms with Crippen molar-refractivity contribution in [3.05, 3.63) is 11.3 Å². The average molecular weight is 392 g/mol. The standard InChI is InChI=1S/C16H20F3N5O.ClH/c1-21-9-4-5-24(7-9)14-13-12(22-15(20)23-14)10-6-8(16(17,18)19)2-3-11(10)25-13;/h8-9,21H,2-7H2,1H3,(H2,20,22,23);1H/t8?,9-;/m1./s1. The van der Waals surface area contributed by atoms with E-state index in [1.807, 2.05) is 7.05 Å². The molecule has 3 N–H and O–H groups in total. The van der Waals surface area contributed by atoms with Crippen LogP contribution in [0, 0.1) is 5.92 Å². The van der Waals surface area contributed by atoms with Gasteiger partial charge in [-0.3, -0.25) is 0 Å². The highest BCUT2D eigenvalue weighted by Crippen LogP contribution is 2.42. The summed E-state index contributed by atoms with van der Waals surface area (Å²) in [5.41, 5.74) is 7.26. The number of rotatable bonds is 2. The molecule has 1 unspecified atom stereocenters. The van der Waals surface area contributed by atoms with E-state index in [0.29, 0.717) is 34.3 Å². The molecular formula is C16H21ClF3N5O. The fraction of sp³-hybridized carbons (Fsp3) is 0.625. The van der Waals surface area contributed by atoms with Crippen LogP contribution in [-0.2, 0) is 12.8 Å². The van der Waals surface area contributed by atoms with Gasteiger partial charge in [0.05, 0.1) is 5.92 Å². The number of hydrogen-bond acceptors (Lipinski definition) is 6. The number of likely N-dealkylation sites (N-methyl/N-ethyl adjacent to an activating group) is 1. The lowest BCUT2D eigenvalue weighted by Gasteiger charge is -2.23. The van der Waals surface area contributed by atoms with Crippen LogP contribution in [0.3, 0.4) is 0 Å². The Morgan fingerprint density at radius 1 is 1.27 bits per heavy atom. The van der Waals surface area contributed by atoms with E-state index in [1.54, 1.807) is 0 Å². The van der Waals surface area contributed by atoms with Gasteiger partial charge in [0.2, 0.25) is 5.95 Å². The van der Waals surface area contributed by atoms with Gasteiger partial charge in [0.25, 0.3) is 0 Å². The highest BCUT2D eigenvalue weighted by Gasteiger charge is 2.43. The molecule has 144 valence electrons. The number of halogens is 4. The summed E-state index contributed by atoms with van der Waals surface area (Å²) in [6.07, 6.45) is -3.06. The Balaban J connectivity index is 0.00000196. The quantitative estimate of drug-likeness (QED) is 0.819. The van der Waals surface area contributed by atoms with Crippen LogP contribution in [0.15, 0.2) is 4.42 Å². The van der Waals surface area contributed by atoms with Crippen molar-refractivity contribution in [3.8, 4) is 0 Å². The van der Waals surface area contributed by atoms with Gasteiger partial charge in [-0.25, -0.2) is 4.98 Å². The van der Waals surface area contributed by atoms with Crippen LogP contribution in [0.1, 0.15) is 24.2 Å². The molecule has 0 bridgehead atoms. The molecule has 1 aliphatic carbocycles. The molecule has 0 saturated carbocycles. The monoisotopic (exact) mass is 391 g/mol. The molecule has 2 aromatic rings. The normalized spacial score (nSPS) is 23.2. The summed E-state index contributed by atoms with van der Waals surface area (Å²) >= 11 is 0. The molecule has 0 spiro atoms. The maximum atomic E-state index is 13.1. The summed E-state index contributed by atoms with van der Waals surface area (Å²) in [5.74, 6) is -0.131. The molecule has 2 aliphatic rings. The van der Waals surface area contributed by atoms with E-state index in [1.165, 1.54) is 0 Å². The van der Waals surface area contributed by atoms with Crippen molar-refractivity contribution in [2.75, 3.05) is 30.8 Å². The summed E-state index contributed by atoms with van der Waals surface area (Å²) in [4.78, 5) is 10.6. The molecule has 0 radical (unpaired) electrons. The van der Waals surface area contributed by atoms with Crippen LogP contribution in [0.2, 0.25) is 0 Å². The second-order valence-corrected chi connectivity index (χ2v) is 6.79. The fourth-order valence-corrected chi connectivity index (χ4v) is 3.82. The van der Waals surface area contributed by atoms with Crippen molar-refractivity contribution in [1.29, 1.82) is 0 Å². The number of fused-ring (bicyclic) bond motifs is 3. The van der Waals surface area contributed by atoms with Gasteiger partial charge < -0.3 is 20.4 Å². The number of hydrogen-bond donors (Lipinski definition) is 2. The number of aromatic nitrogens is 2. The summed E-state index contributed by atoms with van der Waals surface area (Å²) in [7, 11) is 1.90. The minimum absolute atomic E-state index is 0. The predicted octanol–water partition coefficient (Wildman–Crippen LogP) is 2.69. The van der Waals surface area contributed by atoms with Gasteiger partial charge in [-0.1, -0.05) is 0 Å². The fourth-order valence-electron chi connectivity index (χ4n) is 3.82. The molecule has 2 aromatic heterocycles. The highest BCUT2D eigenvalue weighted by atomic mass is 35.5. The van der Waals surface area contributed by atoms with Gasteiger partial charge in [-0.2, -0.15) is 18.2 Å². The van der Waals surface area contributed by atoms with Crippen LogP contribution < -0.4 is 16.0 Å². The van der Waals surface area contributed by atoms with Crippen molar-refractivity contribution in [3.63, 3.8) is 0 Å². The average Bonchev–Trinajstić information content (AvgIpc) is 3.17. The zero-order chi connectivity index (χ0) is 17.8. The van der Waals surface area contributed by atoms with E-state index in [2.05, 4.69) is 20.2 Å². The minimum atomic E-state index is -4.21. The molecule has 10 heteroatoms. The third-order valence-electron chi connectivity index (χ3n) is 5.24. The largest absolute Gasteiger partial charge is 0.455 e. The van der Waals surface area contributed by atoms with Crippen molar-refractivity contribution < 1.29 is 17.6 Å². The third-order valence-corrected chi connectivity index (χ3v) is 5.24. The van der Waals surface area contributed by atoms with Gasteiger partial charge in [0.1, 0.15) is 11.3 Å². The van der Waals surface area contributed by atoms with Crippen LogP contribution in [0.5, 0.6) is 0 Å². The number of alkyl halides is 3. The lowest BCUT2D eigenvalue weighted by molar-refractivity contribution is -0.177. The highest BCUT2D eigenvalue weighted by molar-refractivity contribution is 5.89. The number of anilines is 2. The molecule has 4 rings (SSSR count). The minimum Gasteiger partial charge on any atom is -0.455 e. The number of furan rings is 1. The van der Waals surface area contributed by atoms with Gasteiger partial charge in [-0.05, 0) is 26.3 Å². The molecule has 2 atom stereocenters. The van der Waals surface area contributed by atoms with Gasteiger partial charge in [0, 0.05) is 31.1 Å². The first-order chi connectivity index (χ1) is 11.9. The van der Waals surface area contributed by atoms with Gasteiger partial charge >= 0.3 is 6.18 Å². The van der Waals surface area contributed by atoms with Gasteiger partial charge in [-0.15, -0.1) is 12.4 Å². The Labute approximate surface area is 154 Å². The molecule has 1 saturated heterocycles. The first kappa shape index (κ1) is 19.0. The van der Waals surface area contributed by atoms with E-state index in [9.17, 15) is 13.2 Å².